The maximum Gasteiger partial charge on any atom is 0.305 e. The number of hydrogen-bond acceptors (Lipinski definition) is 2. The van der Waals surface area contributed by atoms with E-state index >= 15 is 0 Å². The lowest BCUT2D eigenvalue weighted by Gasteiger charge is -2.37. The molecule has 0 aromatic heterocycles. The van der Waals surface area contributed by atoms with Gasteiger partial charge >= 0.3 is 5.97 Å². The Balaban J connectivity index is 1.99. The molecule has 0 aromatic rings. The molecule has 0 saturated heterocycles. The van der Waals surface area contributed by atoms with Crippen LogP contribution in [0.2, 0.25) is 0 Å². The molecule has 2 saturated carbocycles. The molecule has 2 N–H and O–H groups in total. The molecule has 2 rings (SSSR count). The highest BCUT2D eigenvalue weighted by Gasteiger charge is 2.40. The second-order valence-corrected chi connectivity index (χ2v) is 7.50. The van der Waals surface area contributed by atoms with Crippen molar-refractivity contribution in [2.24, 2.45) is 11.3 Å². The number of carbonyl (C=O) groups is 2. The van der Waals surface area contributed by atoms with Gasteiger partial charge in [0.05, 0.1) is 12.0 Å². The number of carbonyl (C=O) groups excluding carboxylic acids is 1. The molecule has 0 bridgehead atoms. The molecule has 1 amide bonds. The van der Waals surface area contributed by atoms with E-state index in [2.05, 4.69) is 19.2 Å². The molecule has 114 valence electrons. The predicted octanol–water partition coefficient (Wildman–Crippen LogP) is 3.11. The largest absolute Gasteiger partial charge is 0.481 e. The summed E-state index contributed by atoms with van der Waals surface area (Å²) in [5.41, 5.74) is -0.250. The third-order valence-electron chi connectivity index (χ3n) is 5.01. The molecular weight excluding hydrogens is 254 g/mol. The van der Waals surface area contributed by atoms with Crippen LogP contribution in [-0.2, 0) is 9.59 Å². The molecule has 2 aliphatic rings. The van der Waals surface area contributed by atoms with Crippen LogP contribution in [0.25, 0.3) is 0 Å². The van der Waals surface area contributed by atoms with E-state index in [0.717, 1.165) is 44.9 Å². The van der Waals surface area contributed by atoms with Gasteiger partial charge in [-0.25, -0.2) is 0 Å². The van der Waals surface area contributed by atoms with Crippen molar-refractivity contribution in [2.75, 3.05) is 0 Å². The van der Waals surface area contributed by atoms with Gasteiger partial charge < -0.3 is 10.4 Å². The van der Waals surface area contributed by atoms with Gasteiger partial charge in [0.15, 0.2) is 0 Å². The van der Waals surface area contributed by atoms with Crippen LogP contribution in [0, 0.1) is 11.3 Å². The molecule has 2 fully saturated rings. The minimum atomic E-state index is -0.809. The molecule has 4 nitrogen and oxygen atoms in total. The van der Waals surface area contributed by atoms with E-state index in [1.165, 1.54) is 6.42 Å². The van der Waals surface area contributed by atoms with Crippen LogP contribution < -0.4 is 5.32 Å². The first-order valence-electron chi connectivity index (χ1n) is 7.86. The Hall–Kier alpha value is -1.06. The van der Waals surface area contributed by atoms with Crippen molar-refractivity contribution in [3.63, 3.8) is 0 Å². The van der Waals surface area contributed by atoms with Crippen LogP contribution >= 0.6 is 0 Å². The number of amides is 1. The Morgan fingerprint density at radius 2 is 1.80 bits per heavy atom. The Kier molecular flexibility index (Phi) is 4.40. The lowest BCUT2D eigenvalue weighted by molar-refractivity contribution is -0.139. The molecule has 2 aliphatic carbocycles. The third kappa shape index (κ3) is 3.74. The standard InChI is InChI=1S/C16H27NO3/c1-15(2)7-5-6-12(10-15)14(20)17-16(11-13(18)19)8-3-4-9-16/h12H,3-11H2,1-2H3,(H,17,20)(H,18,19). The second-order valence-electron chi connectivity index (χ2n) is 7.50. The molecule has 0 heterocycles. The number of carboxylic acid groups (broad SMARTS) is 1. The highest BCUT2D eigenvalue weighted by Crippen LogP contribution is 2.40. The lowest BCUT2D eigenvalue weighted by atomic mass is 9.72. The first-order chi connectivity index (χ1) is 9.32. The van der Waals surface area contributed by atoms with Gasteiger partial charge in [-0.1, -0.05) is 33.1 Å². The third-order valence-corrected chi connectivity index (χ3v) is 5.01. The van der Waals surface area contributed by atoms with Crippen molar-refractivity contribution in [3.8, 4) is 0 Å². The molecular formula is C16H27NO3. The number of hydrogen-bond donors (Lipinski definition) is 2. The van der Waals surface area contributed by atoms with Crippen molar-refractivity contribution in [1.29, 1.82) is 0 Å². The van der Waals surface area contributed by atoms with Gasteiger partial charge in [0.2, 0.25) is 5.91 Å². The average Bonchev–Trinajstić information content (AvgIpc) is 2.75. The van der Waals surface area contributed by atoms with E-state index in [1.807, 2.05) is 0 Å². The Morgan fingerprint density at radius 1 is 1.15 bits per heavy atom. The molecule has 20 heavy (non-hydrogen) atoms. The summed E-state index contributed by atoms with van der Waals surface area (Å²) in [6.07, 6.45) is 7.85. The van der Waals surface area contributed by atoms with Crippen molar-refractivity contribution < 1.29 is 14.7 Å². The second kappa shape index (κ2) is 5.74. The molecule has 0 spiro atoms. The first kappa shape index (κ1) is 15.3. The quantitative estimate of drug-likeness (QED) is 0.832. The predicted molar refractivity (Wildman–Crippen MR) is 77.3 cm³/mol. The maximum atomic E-state index is 12.5. The molecule has 0 aromatic carbocycles. The summed E-state index contributed by atoms with van der Waals surface area (Å²) in [6.45, 7) is 4.43. The minimum absolute atomic E-state index is 0.0602. The fraction of sp³-hybridized carbons (Fsp3) is 0.875. The summed E-state index contributed by atoms with van der Waals surface area (Å²) in [7, 11) is 0. The summed E-state index contributed by atoms with van der Waals surface area (Å²) in [5, 5.41) is 12.2. The zero-order valence-electron chi connectivity index (χ0n) is 12.7. The van der Waals surface area contributed by atoms with Crippen LogP contribution in [0.1, 0.15) is 71.6 Å². The molecule has 0 radical (unpaired) electrons. The van der Waals surface area contributed by atoms with E-state index in [1.54, 1.807) is 0 Å². The summed E-state index contributed by atoms with van der Waals surface area (Å²) >= 11 is 0. The lowest BCUT2D eigenvalue weighted by Crippen LogP contribution is -2.50. The summed E-state index contributed by atoms with van der Waals surface area (Å²) < 4.78 is 0. The van der Waals surface area contributed by atoms with Crippen molar-refractivity contribution >= 4 is 11.9 Å². The van der Waals surface area contributed by atoms with E-state index in [4.69, 9.17) is 5.11 Å². The zero-order valence-corrected chi connectivity index (χ0v) is 12.7. The van der Waals surface area contributed by atoms with Gasteiger partial charge in [0.1, 0.15) is 0 Å². The van der Waals surface area contributed by atoms with E-state index < -0.39 is 11.5 Å². The number of aliphatic carboxylic acids is 1. The van der Waals surface area contributed by atoms with Gasteiger partial charge in [0, 0.05) is 5.92 Å². The minimum Gasteiger partial charge on any atom is -0.481 e. The average molecular weight is 281 g/mol. The van der Waals surface area contributed by atoms with Crippen molar-refractivity contribution in [1.82, 2.24) is 5.32 Å². The fourth-order valence-electron chi connectivity index (χ4n) is 3.97. The molecule has 0 aliphatic heterocycles. The van der Waals surface area contributed by atoms with Crippen LogP contribution in [0.4, 0.5) is 0 Å². The van der Waals surface area contributed by atoms with Crippen LogP contribution in [0.15, 0.2) is 0 Å². The summed E-state index contributed by atoms with van der Waals surface area (Å²) in [4.78, 5) is 23.6. The van der Waals surface area contributed by atoms with Gasteiger partial charge in [-0.3, -0.25) is 9.59 Å². The van der Waals surface area contributed by atoms with Gasteiger partial charge in [-0.05, 0) is 37.5 Å². The Morgan fingerprint density at radius 3 is 2.35 bits per heavy atom. The van der Waals surface area contributed by atoms with Gasteiger partial charge in [-0.2, -0.15) is 0 Å². The van der Waals surface area contributed by atoms with E-state index in [0.29, 0.717) is 0 Å². The topological polar surface area (TPSA) is 66.4 Å². The summed E-state index contributed by atoms with van der Waals surface area (Å²) in [5.74, 6) is -0.665. The zero-order chi connectivity index (χ0) is 14.8. The monoisotopic (exact) mass is 281 g/mol. The SMILES string of the molecule is CC1(C)CCCC(C(=O)NC2(CC(=O)O)CCCC2)C1. The molecule has 1 atom stereocenters. The van der Waals surface area contributed by atoms with E-state index in [-0.39, 0.29) is 23.7 Å². The maximum absolute atomic E-state index is 12.5. The van der Waals surface area contributed by atoms with Gasteiger partial charge in [-0.15, -0.1) is 0 Å². The smallest absolute Gasteiger partial charge is 0.305 e. The number of rotatable bonds is 4. The molecule has 4 heteroatoms. The van der Waals surface area contributed by atoms with E-state index in [9.17, 15) is 9.59 Å². The van der Waals surface area contributed by atoms with Crippen LogP contribution in [0.5, 0.6) is 0 Å². The van der Waals surface area contributed by atoms with Crippen LogP contribution in [-0.4, -0.2) is 22.5 Å². The fourth-order valence-corrected chi connectivity index (χ4v) is 3.97. The first-order valence-corrected chi connectivity index (χ1v) is 7.86. The van der Waals surface area contributed by atoms with Crippen molar-refractivity contribution in [2.45, 2.75) is 77.2 Å². The number of carboxylic acids is 1. The normalized spacial score (nSPS) is 28.0. The number of nitrogens with one attached hydrogen (secondary N) is 1. The highest BCUT2D eigenvalue weighted by molar-refractivity contribution is 5.80. The van der Waals surface area contributed by atoms with Crippen LogP contribution in [0.3, 0.4) is 0 Å². The van der Waals surface area contributed by atoms with Crippen molar-refractivity contribution in [3.05, 3.63) is 0 Å². The van der Waals surface area contributed by atoms with Gasteiger partial charge in [0.25, 0.3) is 0 Å². The Bertz CT molecular complexity index is 383. The highest BCUT2D eigenvalue weighted by atomic mass is 16.4. The molecule has 1 unspecified atom stereocenters. The summed E-state index contributed by atoms with van der Waals surface area (Å²) in [6, 6.07) is 0. The Labute approximate surface area is 121 Å².